The summed E-state index contributed by atoms with van der Waals surface area (Å²) in [6.07, 6.45) is -1.17. The summed E-state index contributed by atoms with van der Waals surface area (Å²) < 4.78 is 5.20. The molecule has 0 heterocycles. The third kappa shape index (κ3) is 5.24. The van der Waals surface area contributed by atoms with Crippen molar-refractivity contribution < 1.29 is 23.9 Å². The van der Waals surface area contributed by atoms with Crippen LogP contribution in [0.5, 0.6) is 0 Å². The topological polar surface area (TPSA) is 116 Å². The van der Waals surface area contributed by atoms with Crippen LogP contribution in [0.2, 0.25) is 0 Å². The van der Waals surface area contributed by atoms with Crippen molar-refractivity contribution in [1.29, 1.82) is 0 Å². The molecule has 2 rings (SSSR count). The van der Waals surface area contributed by atoms with Gasteiger partial charge in [-0.2, -0.15) is 0 Å². The van der Waals surface area contributed by atoms with Crippen molar-refractivity contribution in [2.75, 3.05) is 0 Å². The molecule has 27 heavy (non-hydrogen) atoms. The number of hydrogen-bond acceptors (Lipinski definition) is 5. The highest BCUT2D eigenvalue weighted by atomic mass is 16.5. The Bertz CT molecular complexity index is 844. The third-order valence-electron chi connectivity index (χ3n) is 3.76. The summed E-state index contributed by atoms with van der Waals surface area (Å²) in [5.41, 5.74) is 6.06. The van der Waals surface area contributed by atoms with Crippen LogP contribution in [0.15, 0.2) is 54.6 Å². The smallest absolute Gasteiger partial charge is 0.338 e. The minimum atomic E-state index is -1.17. The van der Waals surface area contributed by atoms with Crippen molar-refractivity contribution in [2.45, 2.75) is 20.0 Å². The quantitative estimate of drug-likeness (QED) is 0.599. The second kappa shape index (κ2) is 8.75. The molecule has 0 aliphatic carbocycles. The van der Waals surface area contributed by atoms with Crippen molar-refractivity contribution in [1.82, 2.24) is 5.32 Å². The Morgan fingerprint density at radius 1 is 0.852 bits per heavy atom. The van der Waals surface area contributed by atoms with Gasteiger partial charge in [0.25, 0.3) is 5.91 Å². The minimum absolute atomic E-state index is 0.170. The molecule has 7 nitrogen and oxygen atoms in total. The van der Waals surface area contributed by atoms with E-state index in [1.54, 1.807) is 38.1 Å². The highest BCUT2D eigenvalue weighted by molar-refractivity contribution is 6.09. The lowest BCUT2D eigenvalue weighted by Gasteiger charge is -2.19. The lowest BCUT2D eigenvalue weighted by molar-refractivity contribution is -0.130. The summed E-state index contributed by atoms with van der Waals surface area (Å²) in [6, 6.07) is 13.7. The van der Waals surface area contributed by atoms with E-state index in [-0.39, 0.29) is 17.3 Å². The van der Waals surface area contributed by atoms with Crippen molar-refractivity contribution in [3.63, 3.8) is 0 Å². The maximum absolute atomic E-state index is 12.4. The lowest BCUT2D eigenvalue weighted by Crippen LogP contribution is -2.45. The molecule has 2 aromatic carbocycles. The van der Waals surface area contributed by atoms with Crippen LogP contribution in [0.4, 0.5) is 4.79 Å². The average molecular weight is 368 g/mol. The fourth-order valence-electron chi connectivity index (χ4n) is 2.38. The molecule has 0 aromatic heterocycles. The van der Waals surface area contributed by atoms with E-state index in [0.29, 0.717) is 11.1 Å². The van der Waals surface area contributed by atoms with E-state index in [1.807, 2.05) is 11.4 Å². The number of ketones is 1. The van der Waals surface area contributed by atoms with Gasteiger partial charge in [-0.25, -0.2) is 9.59 Å². The fourth-order valence-corrected chi connectivity index (χ4v) is 2.38. The van der Waals surface area contributed by atoms with Crippen LogP contribution in [0.3, 0.4) is 0 Å². The van der Waals surface area contributed by atoms with Crippen molar-refractivity contribution in [3.8, 4) is 0 Å². The van der Waals surface area contributed by atoms with Crippen LogP contribution in [0, 0.1) is 5.92 Å². The summed E-state index contributed by atoms with van der Waals surface area (Å²) in [6.45, 7) is 3.33. The number of carbonyl (C=O) groups is 4. The van der Waals surface area contributed by atoms with Gasteiger partial charge in [0.2, 0.25) is 0 Å². The van der Waals surface area contributed by atoms with Gasteiger partial charge < -0.3 is 10.5 Å². The van der Waals surface area contributed by atoms with Gasteiger partial charge >= 0.3 is 12.0 Å². The Labute approximate surface area is 156 Å². The van der Waals surface area contributed by atoms with E-state index in [2.05, 4.69) is 0 Å². The van der Waals surface area contributed by atoms with Crippen molar-refractivity contribution >= 4 is 23.7 Å². The molecule has 0 spiro atoms. The molecule has 2 aromatic rings. The first kappa shape index (κ1) is 19.8. The normalized spacial score (nSPS) is 11.5. The molecule has 0 aliphatic rings. The molecule has 0 saturated heterocycles. The number of nitrogens with one attached hydrogen (secondary N) is 1. The highest BCUT2D eigenvalue weighted by Crippen LogP contribution is 2.14. The molecule has 0 saturated carbocycles. The Balaban J connectivity index is 2.11. The Hall–Kier alpha value is -3.48. The zero-order valence-electron chi connectivity index (χ0n) is 15.0. The molecule has 0 bridgehead atoms. The summed E-state index contributed by atoms with van der Waals surface area (Å²) in [5.74, 6) is -2.07. The van der Waals surface area contributed by atoms with Gasteiger partial charge in [0.1, 0.15) is 0 Å². The molecule has 1 atom stereocenters. The van der Waals surface area contributed by atoms with E-state index in [1.165, 1.54) is 24.3 Å². The third-order valence-corrected chi connectivity index (χ3v) is 3.76. The highest BCUT2D eigenvalue weighted by Gasteiger charge is 2.28. The molecule has 0 unspecified atom stereocenters. The second-order valence-corrected chi connectivity index (χ2v) is 6.20. The lowest BCUT2D eigenvalue weighted by atomic mass is 10.0. The van der Waals surface area contributed by atoms with E-state index in [4.69, 9.17) is 10.5 Å². The number of nitrogens with two attached hydrogens (primary N) is 1. The van der Waals surface area contributed by atoms with Crippen molar-refractivity contribution in [2.24, 2.45) is 11.7 Å². The van der Waals surface area contributed by atoms with E-state index in [9.17, 15) is 19.2 Å². The first-order chi connectivity index (χ1) is 12.8. The largest absolute Gasteiger partial charge is 0.448 e. The van der Waals surface area contributed by atoms with E-state index >= 15 is 0 Å². The number of carbonyl (C=O) groups excluding carboxylic acids is 4. The molecule has 0 radical (unpaired) electrons. The van der Waals surface area contributed by atoms with Crippen LogP contribution >= 0.6 is 0 Å². The zero-order chi connectivity index (χ0) is 20.0. The van der Waals surface area contributed by atoms with Gasteiger partial charge in [0.05, 0.1) is 5.56 Å². The fraction of sp³-hybridized carbons (Fsp3) is 0.200. The minimum Gasteiger partial charge on any atom is -0.448 e. The Morgan fingerprint density at radius 2 is 1.37 bits per heavy atom. The number of ether oxygens (including phenoxy) is 1. The summed E-state index contributed by atoms with van der Waals surface area (Å²) in [7, 11) is 0. The number of urea groups is 1. The zero-order valence-corrected chi connectivity index (χ0v) is 15.0. The molecule has 140 valence electrons. The maximum Gasteiger partial charge on any atom is 0.338 e. The second-order valence-electron chi connectivity index (χ2n) is 6.20. The van der Waals surface area contributed by atoms with E-state index in [0.717, 1.165) is 0 Å². The van der Waals surface area contributed by atoms with Gasteiger partial charge in [-0.05, 0) is 18.1 Å². The average Bonchev–Trinajstić information content (AvgIpc) is 2.65. The number of hydrogen-bond donors (Lipinski definition) is 2. The summed E-state index contributed by atoms with van der Waals surface area (Å²) in [5, 5.41) is 1.90. The predicted molar refractivity (Wildman–Crippen MR) is 98.1 cm³/mol. The maximum atomic E-state index is 12.4. The number of amides is 3. The van der Waals surface area contributed by atoms with Gasteiger partial charge in [-0.3, -0.25) is 14.9 Å². The monoisotopic (exact) mass is 368 g/mol. The van der Waals surface area contributed by atoms with Crippen LogP contribution in [0.1, 0.15) is 40.1 Å². The number of primary amides is 1. The van der Waals surface area contributed by atoms with Gasteiger partial charge in [0.15, 0.2) is 11.9 Å². The van der Waals surface area contributed by atoms with E-state index < -0.39 is 24.0 Å². The number of imide groups is 1. The number of benzene rings is 2. The van der Waals surface area contributed by atoms with Crippen LogP contribution in [0.25, 0.3) is 0 Å². The first-order valence-electron chi connectivity index (χ1n) is 8.30. The number of esters is 1. The summed E-state index contributed by atoms with van der Waals surface area (Å²) >= 11 is 0. The summed E-state index contributed by atoms with van der Waals surface area (Å²) in [4.78, 5) is 47.4. The molecule has 0 fully saturated rings. The number of rotatable bonds is 6. The van der Waals surface area contributed by atoms with Gasteiger partial charge in [0, 0.05) is 11.1 Å². The van der Waals surface area contributed by atoms with Crippen LogP contribution in [-0.2, 0) is 9.53 Å². The van der Waals surface area contributed by atoms with Gasteiger partial charge in [-0.15, -0.1) is 0 Å². The van der Waals surface area contributed by atoms with Crippen LogP contribution < -0.4 is 11.1 Å². The predicted octanol–water partition coefficient (Wildman–Crippen LogP) is 2.29. The molecular weight excluding hydrogens is 348 g/mol. The first-order valence-corrected chi connectivity index (χ1v) is 8.30. The molecule has 3 amide bonds. The van der Waals surface area contributed by atoms with Crippen LogP contribution in [-0.4, -0.2) is 29.8 Å². The van der Waals surface area contributed by atoms with Crippen molar-refractivity contribution in [3.05, 3.63) is 71.3 Å². The molecule has 7 heteroatoms. The molecule has 3 N–H and O–H groups in total. The standard InChI is InChI=1S/C20H20N2O5/c1-12(2)17(18(24)22-20(21)26)27-19(25)15-10-8-14(9-11-15)16(23)13-6-4-3-5-7-13/h3-12,17H,1-2H3,(H3,21,22,24,26)/t17-/m0/s1. The molecule has 0 aliphatic heterocycles. The van der Waals surface area contributed by atoms with Gasteiger partial charge in [-0.1, -0.05) is 56.3 Å². The molecular formula is C20H20N2O5. The Kier molecular flexibility index (Phi) is 6.43. The Morgan fingerprint density at radius 3 is 1.89 bits per heavy atom. The SMILES string of the molecule is CC(C)[C@H](OC(=O)c1ccc(C(=O)c2ccccc2)cc1)C(=O)NC(N)=O.